The summed E-state index contributed by atoms with van der Waals surface area (Å²) in [5, 5.41) is 8.90. The van der Waals surface area contributed by atoms with E-state index in [2.05, 4.69) is 25.1 Å². The predicted octanol–water partition coefficient (Wildman–Crippen LogP) is 5.14. The van der Waals surface area contributed by atoms with Gasteiger partial charge in [-0.2, -0.15) is 5.10 Å². The van der Waals surface area contributed by atoms with Gasteiger partial charge in [0.25, 0.3) is 0 Å². The van der Waals surface area contributed by atoms with Gasteiger partial charge in [-0.05, 0) is 28.8 Å². The van der Waals surface area contributed by atoms with Crippen molar-refractivity contribution < 1.29 is 0 Å². The Morgan fingerprint density at radius 2 is 1.83 bits per heavy atom. The second-order valence-electron chi connectivity index (χ2n) is 6.54. The molecular weight excluding hydrogens is 400 g/mol. The third-order valence-corrected chi connectivity index (χ3v) is 4.96. The van der Waals surface area contributed by atoms with Gasteiger partial charge >= 0.3 is 0 Å². The van der Waals surface area contributed by atoms with Gasteiger partial charge in [-0.25, -0.2) is 9.97 Å². The predicted molar refractivity (Wildman–Crippen MR) is 117 cm³/mol. The van der Waals surface area contributed by atoms with E-state index in [0.29, 0.717) is 22.1 Å². The quantitative estimate of drug-likeness (QED) is 0.266. The summed E-state index contributed by atoms with van der Waals surface area (Å²) in [4.78, 5) is 11.5. The fraction of sp³-hybridized carbons (Fsp3) is 0.0952. The van der Waals surface area contributed by atoms with Crippen molar-refractivity contribution in [3.63, 3.8) is 0 Å². The van der Waals surface area contributed by atoms with Gasteiger partial charge < -0.3 is 5.73 Å². The number of nitrogens with two attached hydrogens (primary N) is 1. The van der Waals surface area contributed by atoms with Crippen LogP contribution < -0.4 is 5.73 Å². The first kappa shape index (κ1) is 19.4. The summed E-state index contributed by atoms with van der Waals surface area (Å²) >= 11 is 6.02. The molecule has 2 N–H and O–H groups in total. The van der Waals surface area contributed by atoms with Gasteiger partial charge in [0, 0.05) is 21.7 Å². The Hall–Kier alpha value is -3.87. The molecule has 4 aromatic rings. The zero-order valence-corrected chi connectivity index (χ0v) is 16.6. The number of aromatic nitrogens is 4. The van der Waals surface area contributed by atoms with Crippen LogP contribution in [0.25, 0.3) is 32.8 Å². The topological polar surface area (TPSA) is 118 Å². The third-order valence-electron chi connectivity index (χ3n) is 4.71. The summed E-state index contributed by atoms with van der Waals surface area (Å²) < 4.78 is 1.77. The summed E-state index contributed by atoms with van der Waals surface area (Å²) in [6.45, 7) is 0.234. The van der Waals surface area contributed by atoms with Crippen molar-refractivity contribution >= 4 is 17.4 Å². The molecule has 0 spiro atoms. The van der Waals surface area contributed by atoms with Crippen molar-refractivity contribution in [3.05, 3.63) is 94.3 Å². The van der Waals surface area contributed by atoms with Gasteiger partial charge in [-0.15, -0.1) is 0 Å². The molecule has 0 radical (unpaired) electrons. The van der Waals surface area contributed by atoms with E-state index in [1.54, 1.807) is 23.0 Å². The first-order chi connectivity index (χ1) is 14.7. The van der Waals surface area contributed by atoms with Crippen molar-refractivity contribution in [2.75, 3.05) is 12.3 Å². The fourth-order valence-electron chi connectivity index (χ4n) is 3.28. The number of benzene rings is 2. The van der Waals surface area contributed by atoms with Crippen LogP contribution in [0.2, 0.25) is 5.02 Å². The highest BCUT2D eigenvalue weighted by molar-refractivity contribution is 6.30. The Balaban J connectivity index is 1.78. The number of hydrogen-bond acceptors (Lipinski definition) is 5. The monoisotopic (exact) mass is 416 g/mol. The molecule has 0 bridgehead atoms. The van der Waals surface area contributed by atoms with Crippen LogP contribution in [0.4, 0.5) is 5.82 Å². The van der Waals surface area contributed by atoms with Crippen molar-refractivity contribution in [2.45, 2.75) is 6.04 Å². The largest absolute Gasteiger partial charge is 0.383 e. The van der Waals surface area contributed by atoms with E-state index in [0.717, 1.165) is 16.7 Å². The van der Waals surface area contributed by atoms with Gasteiger partial charge in [0.05, 0.1) is 30.0 Å². The van der Waals surface area contributed by atoms with Crippen LogP contribution in [0.5, 0.6) is 0 Å². The van der Waals surface area contributed by atoms with E-state index in [1.807, 2.05) is 48.7 Å². The zero-order chi connectivity index (χ0) is 20.9. The Morgan fingerprint density at radius 3 is 2.57 bits per heavy atom. The molecule has 4 rings (SSSR count). The average molecular weight is 417 g/mol. The Labute approximate surface area is 177 Å². The Morgan fingerprint density at radius 1 is 1.07 bits per heavy atom. The van der Waals surface area contributed by atoms with Crippen LogP contribution in [0.15, 0.2) is 78.4 Å². The number of halogens is 1. The summed E-state index contributed by atoms with van der Waals surface area (Å²) in [6.07, 6.45) is 5.01. The molecule has 2 heterocycles. The fourth-order valence-corrected chi connectivity index (χ4v) is 3.41. The molecule has 0 amide bonds. The minimum Gasteiger partial charge on any atom is -0.383 e. The maximum absolute atomic E-state index is 8.79. The smallest absolute Gasteiger partial charge is 0.135 e. The molecule has 0 fully saturated rings. The molecule has 8 nitrogen and oxygen atoms in total. The van der Waals surface area contributed by atoms with Gasteiger partial charge in [0.2, 0.25) is 0 Å². The maximum Gasteiger partial charge on any atom is 0.135 e. The van der Waals surface area contributed by atoms with Crippen LogP contribution in [0.1, 0.15) is 11.6 Å². The van der Waals surface area contributed by atoms with Gasteiger partial charge in [-0.1, -0.05) is 59.2 Å². The van der Waals surface area contributed by atoms with Gasteiger partial charge in [0.15, 0.2) is 0 Å². The minimum absolute atomic E-state index is 0.234. The lowest BCUT2D eigenvalue weighted by atomic mass is 10.0. The van der Waals surface area contributed by atoms with Crippen LogP contribution in [0.3, 0.4) is 0 Å². The number of nitrogens with zero attached hydrogens (tertiary/aromatic N) is 7. The number of nitrogen functional groups attached to an aromatic ring is 1. The molecule has 0 saturated carbocycles. The van der Waals surface area contributed by atoms with Crippen LogP contribution >= 0.6 is 11.6 Å². The molecule has 0 saturated heterocycles. The maximum atomic E-state index is 8.79. The molecule has 0 aliphatic carbocycles. The van der Waals surface area contributed by atoms with Gasteiger partial charge in [-0.3, -0.25) is 4.68 Å². The molecule has 148 valence electrons. The number of rotatable bonds is 6. The van der Waals surface area contributed by atoms with Crippen LogP contribution in [-0.2, 0) is 0 Å². The van der Waals surface area contributed by atoms with E-state index < -0.39 is 0 Å². The van der Waals surface area contributed by atoms with Crippen LogP contribution in [-0.4, -0.2) is 26.3 Å². The molecule has 1 atom stereocenters. The molecule has 0 unspecified atom stereocenters. The van der Waals surface area contributed by atoms with E-state index >= 15 is 0 Å². The van der Waals surface area contributed by atoms with Crippen molar-refractivity contribution in [1.29, 1.82) is 0 Å². The van der Waals surface area contributed by atoms with Crippen LogP contribution in [0, 0.1) is 0 Å². The summed E-state index contributed by atoms with van der Waals surface area (Å²) in [7, 11) is 0. The normalized spacial score (nSPS) is 11.6. The summed E-state index contributed by atoms with van der Waals surface area (Å²) in [6, 6.07) is 16.9. The average Bonchev–Trinajstić information content (AvgIpc) is 3.25. The standard InChI is InChI=1S/C21H17ClN8/c22-17-8-6-15(7-9-17)19-20(25-13-26-21(19)23)16-10-28-30(12-16)18(11-27-29-24)14-4-2-1-3-5-14/h1-10,12-13,18H,11H2,(H2,23,25,26)/t18-/m1/s1. The first-order valence-corrected chi connectivity index (χ1v) is 9.52. The number of anilines is 1. The third kappa shape index (κ3) is 3.96. The van der Waals surface area contributed by atoms with E-state index in [9.17, 15) is 0 Å². The van der Waals surface area contributed by atoms with Gasteiger partial charge in [0.1, 0.15) is 12.1 Å². The summed E-state index contributed by atoms with van der Waals surface area (Å²) in [5.74, 6) is 0.365. The highest BCUT2D eigenvalue weighted by Crippen LogP contribution is 2.34. The second kappa shape index (κ2) is 8.65. The molecule has 30 heavy (non-hydrogen) atoms. The molecule has 2 aromatic carbocycles. The summed E-state index contributed by atoms with van der Waals surface area (Å²) in [5.41, 5.74) is 19.0. The molecule has 2 aromatic heterocycles. The van der Waals surface area contributed by atoms with E-state index in [4.69, 9.17) is 22.9 Å². The minimum atomic E-state index is -0.242. The Kier molecular flexibility index (Phi) is 5.61. The highest BCUT2D eigenvalue weighted by atomic mass is 35.5. The molecule has 0 aliphatic heterocycles. The van der Waals surface area contributed by atoms with Crippen molar-refractivity contribution in [3.8, 4) is 22.4 Å². The first-order valence-electron chi connectivity index (χ1n) is 9.14. The number of azide groups is 1. The Bertz CT molecular complexity index is 1200. The molecule has 0 aliphatic rings. The zero-order valence-electron chi connectivity index (χ0n) is 15.8. The van der Waals surface area contributed by atoms with E-state index in [-0.39, 0.29) is 12.6 Å². The lowest BCUT2D eigenvalue weighted by molar-refractivity contribution is 0.531. The van der Waals surface area contributed by atoms with Crippen molar-refractivity contribution in [1.82, 2.24) is 19.7 Å². The van der Waals surface area contributed by atoms with Crippen molar-refractivity contribution in [2.24, 2.45) is 5.11 Å². The highest BCUT2D eigenvalue weighted by Gasteiger charge is 2.18. The lowest BCUT2D eigenvalue weighted by Gasteiger charge is -2.15. The SMILES string of the molecule is [N-]=[N+]=NC[C@H](c1ccccc1)n1cc(-c2ncnc(N)c2-c2ccc(Cl)cc2)cn1. The molecule has 9 heteroatoms. The molecular formula is C21H17ClN8. The number of hydrogen-bond donors (Lipinski definition) is 1. The second-order valence-corrected chi connectivity index (χ2v) is 6.97. The van der Waals surface area contributed by atoms with E-state index in [1.165, 1.54) is 6.33 Å². The lowest BCUT2D eigenvalue weighted by Crippen LogP contribution is -2.14.